The molecule has 25 heavy (non-hydrogen) atoms. The SMILES string of the molecule is CS(=O)(=O)c1c(Cl)ccc(C(=O)c2cc(C3CC3)on2)c1C(F)(F)F. The van der Waals surface area contributed by atoms with Crippen LogP contribution in [0.3, 0.4) is 0 Å². The highest BCUT2D eigenvalue weighted by Gasteiger charge is 2.42. The van der Waals surface area contributed by atoms with Crippen LogP contribution in [-0.4, -0.2) is 25.6 Å². The van der Waals surface area contributed by atoms with E-state index in [9.17, 15) is 26.4 Å². The molecular formula is C15H11ClF3NO4S. The maximum absolute atomic E-state index is 13.5. The van der Waals surface area contributed by atoms with Crippen LogP contribution in [0.2, 0.25) is 5.02 Å². The molecule has 1 aliphatic rings. The number of nitrogens with zero attached hydrogens (tertiary/aromatic N) is 1. The average molecular weight is 394 g/mol. The zero-order valence-electron chi connectivity index (χ0n) is 12.7. The highest BCUT2D eigenvalue weighted by Crippen LogP contribution is 2.42. The first-order chi connectivity index (χ1) is 11.5. The Morgan fingerprint density at radius 1 is 1.32 bits per heavy atom. The Kier molecular flexibility index (Phi) is 4.19. The van der Waals surface area contributed by atoms with E-state index in [0.717, 1.165) is 25.0 Å². The van der Waals surface area contributed by atoms with Gasteiger partial charge in [0.1, 0.15) is 5.76 Å². The predicted octanol–water partition coefficient (Wildman–Crippen LogP) is 3.86. The van der Waals surface area contributed by atoms with Gasteiger partial charge in [-0.1, -0.05) is 16.8 Å². The van der Waals surface area contributed by atoms with Crippen molar-refractivity contribution in [2.24, 2.45) is 0 Å². The summed E-state index contributed by atoms with van der Waals surface area (Å²) < 4.78 is 69.1. The summed E-state index contributed by atoms with van der Waals surface area (Å²) in [5.74, 6) is -0.535. The van der Waals surface area contributed by atoms with Crippen LogP contribution in [-0.2, 0) is 16.0 Å². The fourth-order valence-corrected chi connectivity index (χ4v) is 4.08. The van der Waals surface area contributed by atoms with Gasteiger partial charge in [0.05, 0.1) is 15.5 Å². The van der Waals surface area contributed by atoms with Crippen molar-refractivity contribution in [3.05, 3.63) is 45.8 Å². The summed E-state index contributed by atoms with van der Waals surface area (Å²) in [5, 5.41) is 2.91. The van der Waals surface area contributed by atoms with Gasteiger partial charge >= 0.3 is 6.18 Å². The minimum Gasteiger partial charge on any atom is -0.360 e. The summed E-state index contributed by atoms with van der Waals surface area (Å²) >= 11 is 5.67. The topological polar surface area (TPSA) is 77.2 Å². The third kappa shape index (κ3) is 3.43. The summed E-state index contributed by atoms with van der Waals surface area (Å²) in [4.78, 5) is 11.4. The molecule has 1 aromatic heterocycles. The van der Waals surface area contributed by atoms with E-state index < -0.39 is 42.8 Å². The standard InChI is InChI=1S/C15H11ClF3NO4S/c1-25(22,23)14-9(16)5-4-8(12(14)15(17,18)19)13(21)10-6-11(24-20-10)7-2-3-7/h4-7H,2-3H2,1H3. The minimum atomic E-state index is -5.10. The Morgan fingerprint density at radius 3 is 2.48 bits per heavy atom. The summed E-state index contributed by atoms with van der Waals surface area (Å²) in [6.07, 6.45) is -2.79. The molecule has 0 amide bonds. The molecule has 1 aliphatic carbocycles. The Hall–Kier alpha value is -1.87. The number of aromatic nitrogens is 1. The van der Waals surface area contributed by atoms with E-state index in [4.69, 9.17) is 16.1 Å². The molecule has 0 N–H and O–H groups in total. The molecule has 1 aromatic carbocycles. The minimum absolute atomic E-state index is 0.118. The van der Waals surface area contributed by atoms with Gasteiger partial charge in [0.25, 0.3) is 0 Å². The number of rotatable bonds is 4. The number of benzene rings is 1. The van der Waals surface area contributed by atoms with E-state index in [1.54, 1.807) is 0 Å². The maximum Gasteiger partial charge on any atom is 0.418 e. The van der Waals surface area contributed by atoms with Gasteiger partial charge < -0.3 is 4.52 Å². The monoisotopic (exact) mass is 393 g/mol. The van der Waals surface area contributed by atoms with Gasteiger partial charge in [-0.25, -0.2) is 8.42 Å². The third-order valence-corrected chi connectivity index (χ3v) is 5.34. The molecular weight excluding hydrogens is 383 g/mol. The second-order valence-corrected chi connectivity index (χ2v) is 8.15. The molecule has 0 saturated heterocycles. The predicted molar refractivity (Wildman–Crippen MR) is 81.5 cm³/mol. The molecule has 1 saturated carbocycles. The van der Waals surface area contributed by atoms with Crippen molar-refractivity contribution in [3.8, 4) is 0 Å². The van der Waals surface area contributed by atoms with Crippen molar-refractivity contribution >= 4 is 27.2 Å². The Labute approximate surface area is 145 Å². The number of hydrogen-bond donors (Lipinski definition) is 0. The smallest absolute Gasteiger partial charge is 0.360 e. The van der Waals surface area contributed by atoms with Crippen LogP contribution in [0, 0.1) is 0 Å². The lowest BCUT2D eigenvalue weighted by Crippen LogP contribution is -2.19. The van der Waals surface area contributed by atoms with E-state index in [1.165, 1.54) is 6.07 Å². The molecule has 5 nitrogen and oxygen atoms in total. The number of carbonyl (C=O) groups excluding carboxylic acids is 1. The lowest BCUT2D eigenvalue weighted by atomic mass is 10.0. The second kappa shape index (κ2) is 5.84. The Morgan fingerprint density at radius 2 is 1.96 bits per heavy atom. The van der Waals surface area contributed by atoms with Crippen LogP contribution >= 0.6 is 11.6 Å². The van der Waals surface area contributed by atoms with Crippen molar-refractivity contribution in [2.45, 2.75) is 29.8 Å². The molecule has 2 aromatic rings. The van der Waals surface area contributed by atoms with Crippen molar-refractivity contribution < 1.29 is 30.9 Å². The van der Waals surface area contributed by atoms with Crippen LogP contribution < -0.4 is 0 Å². The largest absolute Gasteiger partial charge is 0.418 e. The molecule has 10 heteroatoms. The lowest BCUT2D eigenvalue weighted by molar-refractivity contribution is -0.140. The van der Waals surface area contributed by atoms with Crippen LogP contribution in [0.1, 0.15) is 46.1 Å². The van der Waals surface area contributed by atoms with E-state index in [1.807, 2.05) is 0 Å². The molecule has 0 unspecified atom stereocenters. The first-order valence-electron chi connectivity index (χ1n) is 7.11. The number of sulfone groups is 1. The first kappa shape index (κ1) is 17.9. The summed E-state index contributed by atoms with van der Waals surface area (Å²) in [5.41, 5.74) is -2.74. The van der Waals surface area contributed by atoms with Gasteiger partial charge in [0.2, 0.25) is 5.78 Å². The molecule has 0 spiro atoms. The van der Waals surface area contributed by atoms with Gasteiger partial charge in [-0.2, -0.15) is 13.2 Å². The van der Waals surface area contributed by atoms with E-state index in [0.29, 0.717) is 12.0 Å². The molecule has 1 fully saturated rings. The maximum atomic E-state index is 13.5. The van der Waals surface area contributed by atoms with Gasteiger partial charge in [-0.15, -0.1) is 0 Å². The molecule has 0 aliphatic heterocycles. The summed E-state index contributed by atoms with van der Waals surface area (Å²) in [6, 6.07) is 3.07. The van der Waals surface area contributed by atoms with Crippen molar-refractivity contribution in [2.75, 3.05) is 6.26 Å². The van der Waals surface area contributed by atoms with Gasteiger partial charge in [-0.3, -0.25) is 4.79 Å². The van der Waals surface area contributed by atoms with Crippen LogP contribution in [0.5, 0.6) is 0 Å². The highest BCUT2D eigenvalue weighted by molar-refractivity contribution is 7.90. The fraction of sp³-hybridized carbons (Fsp3) is 0.333. The first-order valence-corrected chi connectivity index (χ1v) is 9.38. The Balaban J connectivity index is 2.19. The molecule has 3 rings (SSSR count). The van der Waals surface area contributed by atoms with Gasteiger partial charge in [0.15, 0.2) is 15.5 Å². The number of ketones is 1. The summed E-state index contributed by atoms with van der Waals surface area (Å²) in [6.45, 7) is 0. The van der Waals surface area contributed by atoms with Crippen LogP contribution in [0.25, 0.3) is 0 Å². The number of halogens is 4. The normalized spacial score (nSPS) is 15.4. The average Bonchev–Trinajstić information content (AvgIpc) is 3.21. The van der Waals surface area contributed by atoms with Crippen molar-refractivity contribution in [1.82, 2.24) is 5.16 Å². The van der Waals surface area contributed by atoms with Crippen molar-refractivity contribution in [3.63, 3.8) is 0 Å². The van der Waals surface area contributed by atoms with Gasteiger partial charge in [0, 0.05) is 23.8 Å². The number of carbonyl (C=O) groups is 1. The molecule has 0 atom stereocenters. The van der Waals surface area contributed by atoms with E-state index in [-0.39, 0.29) is 11.6 Å². The Bertz CT molecular complexity index is 962. The van der Waals surface area contributed by atoms with Gasteiger partial charge in [-0.05, 0) is 25.0 Å². The number of alkyl halides is 3. The zero-order valence-corrected chi connectivity index (χ0v) is 14.3. The second-order valence-electron chi connectivity index (χ2n) is 5.79. The fourth-order valence-electron chi connectivity index (χ4n) is 2.48. The summed E-state index contributed by atoms with van der Waals surface area (Å²) in [7, 11) is -4.33. The quantitative estimate of drug-likeness (QED) is 0.737. The molecule has 1 heterocycles. The molecule has 0 radical (unpaired) electrons. The number of hydrogen-bond acceptors (Lipinski definition) is 5. The van der Waals surface area contributed by atoms with E-state index in [2.05, 4.69) is 5.16 Å². The van der Waals surface area contributed by atoms with Crippen molar-refractivity contribution in [1.29, 1.82) is 0 Å². The highest BCUT2D eigenvalue weighted by atomic mass is 35.5. The molecule has 0 bridgehead atoms. The lowest BCUT2D eigenvalue weighted by Gasteiger charge is -2.16. The molecule has 134 valence electrons. The third-order valence-electron chi connectivity index (χ3n) is 3.75. The van der Waals surface area contributed by atoms with Crippen LogP contribution in [0.4, 0.5) is 13.2 Å². The van der Waals surface area contributed by atoms with Crippen LogP contribution in [0.15, 0.2) is 27.6 Å². The zero-order chi connectivity index (χ0) is 18.6. The van der Waals surface area contributed by atoms with E-state index >= 15 is 0 Å².